The zero-order chi connectivity index (χ0) is 17.8. The Morgan fingerprint density at radius 1 is 0.875 bits per heavy atom. The topological polar surface area (TPSA) is 36.9 Å². The van der Waals surface area contributed by atoms with Gasteiger partial charge in [0.2, 0.25) is 0 Å². The molecule has 1 aromatic carbocycles. The normalized spacial score (nSPS) is 13.0. The third-order valence-electron chi connectivity index (χ3n) is 4.62. The van der Waals surface area contributed by atoms with Gasteiger partial charge in [-0.3, -0.25) is 0 Å². The van der Waals surface area contributed by atoms with Crippen molar-refractivity contribution in [3.05, 3.63) is 29.8 Å². The smallest absolute Gasteiger partial charge is 0.289 e. The summed E-state index contributed by atoms with van der Waals surface area (Å²) in [5.74, 6) is -0.257. The number of benzene rings is 1. The second-order valence-electron chi connectivity index (χ2n) is 6.10. The molecule has 4 nitrogen and oxygen atoms in total. The minimum absolute atomic E-state index is 0.0150. The summed E-state index contributed by atoms with van der Waals surface area (Å²) in [4.78, 5) is 0. The quantitative estimate of drug-likeness (QED) is 0.369. The van der Waals surface area contributed by atoms with Crippen LogP contribution in [0.5, 0.6) is 5.75 Å². The lowest BCUT2D eigenvalue weighted by Gasteiger charge is -2.36. The van der Waals surface area contributed by atoms with E-state index in [-0.39, 0.29) is 5.92 Å². The molecule has 24 heavy (non-hydrogen) atoms. The Kier molecular flexibility index (Phi) is 9.99. The lowest BCUT2D eigenvalue weighted by atomic mass is 9.90. The van der Waals surface area contributed by atoms with Gasteiger partial charge in [0, 0.05) is 21.3 Å². The Hall–Kier alpha value is -1.10. The summed E-state index contributed by atoms with van der Waals surface area (Å²) >= 11 is 0. The molecule has 0 aliphatic rings. The molecule has 1 unspecified atom stereocenters. The number of hydrogen-bond donors (Lipinski definition) is 0. The zero-order valence-corrected chi connectivity index (χ0v) is 16.0. The number of methoxy groups -OCH3 is 4. The monoisotopic (exact) mass is 338 g/mol. The summed E-state index contributed by atoms with van der Waals surface area (Å²) in [5.41, 5.74) is 1.11. The molecule has 0 aromatic heterocycles. The molecular formula is C20H34O4. The van der Waals surface area contributed by atoms with Crippen LogP contribution in [0.15, 0.2) is 24.3 Å². The van der Waals surface area contributed by atoms with E-state index in [1.807, 2.05) is 18.2 Å². The van der Waals surface area contributed by atoms with Crippen molar-refractivity contribution >= 4 is 0 Å². The summed E-state index contributed by atoms with van der Waals surface area (Å²) in [6, 6.07) is 8.05. The average molecular weight is 338 g/mol. The molecule has 0 radical (unpaired) electrons. The van der Waals surface area contributed by atoms with Crippen LogP contribution in [0.2, 0.25) is 0 Å². The highest BCUT2D eigenvalue weighted by Crippen LogP contribution is 2.38. The summed E-state index contributed by atoms with van der Waals surface area (Å²) in [7, 11) is 6.56. The second-order valence-corrected chi connectivity index (χ2v) is 6.10. The van der Waals surface area contributed by atoms with Crippen LogP contribution in [-0.2, 0) is 14.2 Å². The Morgan fingerprint density at radius 3 is 2.08 bits per heavy atom. The summed E-state index contributed by atoms with van der Waals surface area (Å²) in [6.45, 7) is 2.24. The molecule has 0 aliphatic carbocycles. The first-order valence-corrected chi connectivity index (χ1v) is 8.96. The van der Waals surface area contributed by atoms with Gasteiger partial charge in [0.25, 0.3) is 5.97 Å². The minimum Gasteiger partial charge on any atom is -0.497 e. The number of rotatable bonds is 13. The van der Waals surface area contributed by atoms with Crippen LogP contribution in [0.1, 0.15) is 63.4 Å². The van der Waals surface area contributed by atoms with Gasteiger partial charge in [0.15, 0.2) is 0 Å². The number of ether oxygens (including phenoxy) is 4. The highest BCUT2D eigenvalue weighted by Gasteiger charge is 2.40. The van der Waals surface area contributed by atoms with Crippen molar-refractivity contribution in [2.45, 2.75) is 63.8 Å². The Morgan fingerprint density at radius 2 is 1.50 bits per heavy atom. The molecule has 4 heteroatoms. The minimum atomic E-state index is -1.07. The molecule has 0 bridgehead atoms. The van der Waals surface area contributed by atoms with Gasteiger partial charge in [0.05, 0.1) is 13.0 Å². The third-order valence-corrected chi connectivity index (χ3v) is 4.62. The molecule has 0 N–H and O–H groups in total. The van der Waals surface area contributed by atoms with Gasteiger partial charge in [-0.05, 0) is 24.1 Å². The summed E-state index contributed by atoms with van der Waals surface area (Å²) in [5, 5.41) is 0. The Bertz CT molecular complexity index is 435. The first-order chi connectivity index (χ1) is 11.7. The molecule has 0 heterocycles. The van der Waals surface area contributed by atoms with Crippen LogP contribution in [0, 0.1) is 0 Å². The van der Waals surface area contributed by atoms with Gasteiger partial charge >= 0.3 is 0 Å². The van der Waals surface area contributed by atoms with Gasteiger partial charge in [-0.25, -0.2) is 0 Å². The number of unbranched alkanes of at least 4 members (excludes halogenated alkanes) is 5. The van der Waals surface area contributed by atoms with Crippen LogP contribution in [0.25, 0.3) is 0 Å². The van der Waals surface area contributed by atoms with Crippen molar-refractivity contribution < 1.29 is 18.9 Å². The van der Waals surface area contributed by atoms with Gasteiger partial charge in [-0.1, -0.05) is 57.6 Å². The van der Waals surface area contributed by atoms with E-state index in [4.69, 9.17) is 18.9 Å². The van der Waals surface area contributed by atoms with E-state index in [0.29, 0.717) is 0 Å². The average Bonchev–Trinajstić information content (AvgIpc) is 2.64. The van der Waals surface area contributed by atoms with E-state index in [9.17, 15) is 0 Å². The van der Waals surface area contributed by atoms with Crippen LogP contribution < -0.4 is 4.74 Å². The molecule has 0 saturated heterocycles. The largest absolute Gasteiger partial charge is 0.497 e. The molecular weight excluding hydrogens is 304 g/mol. The fraction of sp³-hybridized carbons (Fsp3) is 0.700. The lowest BCUT2D eigenvalue weighted by molar-refractivity contribution is -0.365. The molecule has 1 aromatic rings. The van der Waals surface area contributed by atoms with Gasteiger partial charge in [-0.2, -0.15) is 0 Å². The van der Waals surface area contributed by atoms with E-state index in [1.54, 1.807) is 28.4 Å². The van der Waals surface area contributed by atoms with E-state index in [0.717, 1.165) is 24.2 Å². The van der Waals surface area contributed by atoms with Crippen molar-refractivity contribution in [2.75, 3.05) is 28.4 Å². The van der Waals surface area contributed by atoms with Crippen LogP contribution >= 0.6 is 0 Å². The molecule has 1 atom stereocenters. The SMILES string of the molecule is CCCCCCCCC(c1cccc(OC)c1)C(OC)(OC)OC. The van der Waals surface area contributed by atoms with Crippen molar-refractivity contribution in [3.8, 4) is 5.75 Å². The number of hydrogen-bond acceptors (Lipinski definition) is 4. The maximum atomic E-state index is 5.64. The van der Waals surface area contributed by atoms with Crippen molar-refractivity contribution in [3.63, 3.8) is 0 Å². The predicted octanol–water partition coefficient (Wildman–Crippen LogP) is 5.12. The highest BCUT2D eigenvalue weighted by atomic mass is 16.9. The highest BCUT2D eigenvalue weighted by molar-refractivity contribution is 5.31. The van der Waals surface area contributed by atoms with Crippen LogP contribution in [0.3, 0.4) is 0 Å². The third kappa shape index (κ3) is 5.76. The van der Waals surface area contributed by atoms with Gasteiger partial charge in [0.1, 0.15) is 5.75 Å². The zero-order valence-electron chi connectivity index (χ0n) is 16.0. The summed E-state index contributed by atoms with van der Waals surface area (Å²) < 4.78 is 22.3. The van der Waals surface area contributed by atoms with E-state index in [1.165, 1.54) is 32.1 Å². The Labute approximate surface area is 147 Å². The molecule has 1 rings (SSSR count). The van der Waals surface area contributed by atoms with E-state index < -0.39 is 5.97 Å². The predicted molar refractivity (Wildman–Crippen MR) is 97.5 cm³/mol. The molecule has 0 aliphatic heterocycles. The fourth-order valence-electron chi connectivity index (χ4n) is 3.21. The first kappa shape index (κ1) is 20.9. The van der Waals surface area contributed by atoms with Crippen LogP contribution in [-0.4, -0.2) is 34.4 Å². The fourth-order valence-corrected chi connectivity index (χ4v) is 3.21. The molecule has 0 saturated carbocycles. The lowest BCUT2D eigenvalue weighted by Crippen LogP contribution is -2.42. The standard InChI is InChI=1S/C20H34O4/c1-6-7-8-9-10-11-15-19(20(22-3,23-4)24-5)17-13-12-14-18(16-17)21-2/h12-14,16,19H,6-11,15H2,1-5H3. The van der Waals surface area contributed by atoms with Crippen LogP contribution in [0.4, 0.5) is 0 Å². The molecule has 0 spiro atoms. The molecule has 0 amide bonds. The first-order valence-electron chi connectivity index (χ1n) is 8.96. The van der Waals surface area contributed by atoms with Crippen molar-refractivity contribution in [1.29, 1.82) is 0 Å². The van der Waals surface area contributed by atoms with Gasteiger partial charge < -0.3 is 18.9 Å². The van der Waals surface area contributed by atoms with E-state index >= 15 is 0 Å². The maximum Gasteiger partial charge on any atom is 0.289 e. The van der Waals surface area contributed by atoms with Gasteiger partial charge in [-0.15, -0.1) is 0 Å². The van der Waals surface area contributed by atoms with Crippen molar-refractivity contribution in [2.24, 2.45) is 0 Å². The van der Waals surface area contributed by atoms with Crippen molar-refractivity contribution in [1.82, 2.24) is 0 Å². The molecule has 138 valence electrons. The second kappa shape index (κ2) is 11.5. The Balaban J connectivity index is 2.86. The molecule has 0 fully saturated rings. The van der Waals surface area contributed by atoms with E-state index in [2.05, 4.69) is 13.0 Å². The summed E-state index contributed by atoms with van der Waals surface area (Å²) in [6.07, 6.45) is 8.44. The maximum absolute atomic E-state index is 5.64.